The molecule has 6 heteroatoms. The molecule has 0 radical (unpaired) electrons. The average Bonchev–Trinajstić information content (AvgIpc) is 2.90. The Morgan fingerprint density at radius 2 is 2.09 bits per heavy atom. The number of benzene rings is 1. The van der Waals surface area contributed by atoms with Gasteiger partial charge in [0.05, 0.1) is 5.56 Å². The highest BCUT2D eigenvalue weighted by Gasteiger charge is 2.25. The first kappa shape index (κ1) is 13.8. The van der Waals surface area contributed by atoms with Crippen LogP contribution in [0, 0.1) is 6.92 Å². The number of nitrogens with one attached hydrogen (secondary N) is 3. The molecule has 23 heavy (non-hydrogen) atoms. The lowest BCUT2D eigenvalue weighted by Gasteiger charge is -2.13. The van der Waals surface area contributed by atoms with Crippen molar-refractivity contribution in [2.75, 3.05) is 5.32 Å². The van der Waals surface area contributed by atoms with Gasteiger partial charge in [-0.1, -0.05) is 12.1 Å². The molecule has 4 rings (SSSR count). The molecule has 2 heterocycles. The van der Waals surface area contributed by atoms with Crippen molar-refractivity contribution in [2.45, 2.75) is 26.2 Å². The highest BCUT2D eigenvalue weighted by Crippen LogP contribution is 2.24. The van der Waals surface area contributed by atoms with Crippen molar-refractivity contribution in [1.29, 1.82) is 0 Å². The van der Waals surface area contributed by atoms with Gasteiger partial charge in [-0.3, -0.25) is 14.7 Å². The van der Waals surface area contributed by atoms with Crippen LogP contribution in [-0.2, 0) is 6.42 Å². The summed E-state index contributed by atoms with van der Waals surface area (Å²) in [6.07, 6.45) is 1.91. The molecule has 0 unspecified atom stereocenters. The zero-order chi connectivity index (χ0) is 16.0. The number of ketones is 1. The minimum absolute atomic E-state index is 0.0860. The van der Waals surface area contributed by atoms with Crippen LogP contribution in [0.1, 0.15) is 34.5 Å². The molecule has 2 aromatic heterocycles. The summed E-state index contributed by atoms with van der Waals surface area (Å²) in [7, 11) is 0. The van der Waals surface area contributed by atoms with Gasteiger partial charge in [-0.05, 0) is 37.5 Å². The summed E-state index contributed by atoms with van der Waals surface area (Å²) in [4.78, 5) is 28.0. The average molecular weight is 308 g/mol. The van der Waals surface area contributed by atoms with Gasteiger partial charge < -0.3 is 10.3 Å². The van der Waals surface area contributed by atoms with E-state index in [1.807, 2.05) is 31.2 Å². The number of nitrogens with zero attached hydrogens (tertiary/aromatic N) is 1. The van der Waals surface area contributed by atoms with Gasteiger partial charge in [-0.25, -0.2) is 0 Å². The van der Waals surface area contributed by atoms with E-state index in [0.717, 1.165) is 17.7 Å². The predicted octanol–water partition coefficient (Wildman–Crippen LogP) is 2.82. The number of hydrogen-bond donors (Lipinski definition) is 3. The van der Waals surface area contributed by atoms with E-state index in [1.165, 1.54) is 0 Å². The van der Waals surface area contributed by atoms with Crippen LogP contribution >= 0.6 is 0 Å². The van der Waals surface area contributed by atoms with Gasteiger partial charge in [0.15, 0.2) is 11.4 Å². The lowest BCUT2D eigenvalue weighted by atomic mass is 9.94. The Bertz CT molecular complexity index is 984. The third kappa shape index (κ3) is 2.23. The van der Waals surface area contributed by atoms with Crippen LogP contribution in [0.15, 0.2) is 29.1 Å². The number of fused-ring (bicyclic) bond motifs is 2. The molecular weight excluding hydrogens is 292 g/mol. The number of carbonyl (C=O) groups excluding carboxylic acids is 1. The summed E-state index contributed by atoms with van der Waals surface area (Å²) in [5, 5.41) is 10.6. The normalized spacial score (nSPS) is 14.0. The molecule has 1 aliphatic carbocycles. The first-order valence-corrected chi connectivity index (χ1v) is 7.63. The number of Topliss-reactive ketones (excluding diaryl/α,β-unsaturated/α-hetero) is 1. The summed E-state index contributed by atoms with van der Waals surface area (Å²) < 4.78 is 0. The van der Waals surface area contributed by atoms with E-state index < -0.39 is 0 Å². The molecule has 3 aromatic rings. The molecule has 3 N–H and O–H groups in total. The Kier molecular flexibility index (Phi) is 3.04. The molecule has 1 aromatic carbocycles. The fourth-order valence-electron chi connectivity index (χ4n) is 3.11. The summed E-state index contributed by atoms with van der Waals surface area (Å²) in [5.41, 5.74) is 3.20. The lowest BCUT2D eigenvalue weighted by Crippen LogP contribution is -2.23. The standard InChI is InChI=1S/C17H16N4O2/c1-9-4-2-5-10(8-9)18-16-14-15(23)13-11(6-3-7-12(13)22)19-17(14)21-20-16/h2,4-5,8H,3,6-7H2,1H3,(H3,18,19,20,21,23). The van der Waals surface area contributed by atoms with E-state index in [0.29, 0.717) is 35.4 Å². The van der Waals surface area contributed by atoms with Crippen LogP contribution in [0.3, 0.4) is 0 Å². The second-order valence-electron chi connectivity index (χ2n) is 5.90. The number of aromatic nitrogens is 3. The second-order valence-corrected chi connectivity index (χ2v) is 5.90. The van der Waals surface area contributed by atoms with E-state index >= 15 is 0 Å². The number of anilines is 2. The predicted molar refractivity (Wildman–Crippen MR) is 88.4 cm³/mol. The Morgan fingerprint density at radius 3 is 2.91 bits per heavy atom. The molecule has 0 saturated carbocycles. The molecule has 0 amide bonds. The van der Waals surface area contributed by atoms with E-state index in [-0.39, 0.29) is 16.8 Å². The van der Waals surface area contributed by atoms with Crippen LogP contribution < -0.4 is 10.7 Å². The molecule has 0 aliphatic heterocycles. The quantitative estimate of drug-likeness (QED) is 0.679. The van der Waals surface area contributed by atoms with Crippen LogP contribution in [-0.4, -0.2) is 21.0 Å². The number of hydrogen-bond acceptors (Lipinski definition) is 4. The summed E-state index contributed by atoms with van der Waals surface area (Å²) in [6, 6.07) is 7.83. The van der Waals surface area contributed by atoms with Crippen molar-refractivity contribution in [3.05, 3.63) is 51.3 Å². The number of pyridine rings is 1. The fraction of sp³-hybridized carbons (Fsp3) is 0.235. The molecule has 116 valence electrons. The summed E-state index contributed by atoms with van der Waals surface area (Å²) >= 11 is 0. The smallest absolute Gasteiger partial charge is 0.205 e. The lowest BCUT2D eigenvalue weighted by molar-refractivity contribution is 0.0970. The first-order valence-electron chi connectivity index (χ1n) is 7.63. The zero-order valence-corrected chi connectivity index (χ0v) is 12.7. The van der Waals surface area contributed by atoms with Crippen LogP contribution in [0.5, 0.6) is 0 Å². The van der Waals surface area contributed by atoms with Crippen molar-refractivity contribution in [2.24, 2.45) is 0 Å². The molecule has 0 fully saturated rings. The van der Waals surface area contributed by atoms with Crippen LogP contribution in [0.4, 0.5) is 11.5 Å². The Morgan fingerprint density at radius 1 is 1.22 bits per heavy atom. The molecule has 1 aliphatic rings. The van der Waals surface area contributed by atoms with Gasteiger partial charge in [0.2, 0.25) is 5.43 Å². The highest BCUT2D eigenvalue weighted by molar-refractivity contribution is 6.02. The summed E-state index contributed by atoms with van der Waals surface area (Å²) in [5.74, 6) is 0.421. The number of H-pyrrole nitrogens is 2. The highest BCUT2D eigenvalue weighted by atomic mass is 16.1. The molecule has 6 nitrogen and oxygen atoms in total. The number of rotatable bonds is 2. The molecule has 0 saturated heterocycles. The number of aryl methyl sites for hydroxylation is 2. The SMILES string of the molecule is Cc1cccc(Nc2[nH]nc3[nH]c4c(c(=O)c23)C(=O)CCC4)c1. The number of aromatic amines is 2. The van der Waals surface area contributed by atoms with E-state index in [1.54, 1.807) is 0 Å². The zero-order valence-electron chi connectivity index (χ0n) is 12.7. The Labute approximate surface area is 131 Å². The Hall–Kier alpha value is -2.89. The van der Waals surface area contributed by atoms with Crippen molar-refractivity contribution >= 4 is 28.3 Å². The minimum atomic E-state index is -0.248. The Balaban J connectivity index is 1.87. The fourth-order valence-corrected chi connectivity index (χ4v) is 3.11. The van der Waals surface area contributed by atoms with E-state index in [4.69, 9.17) is 0 Å². The first-order chi connectivity index (χ1) is 11.1. The maximum atomic E-state index is 12.8. The third-order valence-corrected chi connectivity index (χ3v) is 4.19. The van der Waals surface area contributed by atoms with Gasteiger partial charge in [0.25, 0.3) is 0 Å². The monoisotopic (exact) mass is 308 g/mol. The van der Waals surface area contributed by atoms with Crippen LogP contribution in [0.2, 0.25) is 0 Å². The van der Waals surface area contributed by atoms with Gasteiger partial charge in [-0.2, -0.15) is 5.10 Å². The van der Waals surface area contributed by atoms with Crippen molar-refractivity contribution in [3.8, 4) is 0 Å². The van der Waals surface area contributed by atoms with Gasteiger partial charge in [0, 0.05) is 17.8 Å². The molecule has 0 atom stereocenters. The minimum Gasteiger partial charge on any atom is -0.341 e. The molecular formula is C17H16N4O2. The third-order valence-electron chi connectivity index (χ3n) is 4.19. The van der Waals surface area contributed by atoms with Crippen molar-refractivity contribution < 1.29 is 4.79 Å². The van der Waals surface area contributed by atoms with Gasteiger partial charge in [-0.15, -0.1) is 0 Å². The van der Waals surface area contributed by atoms with E-state index in [9.17, 15) is 9.59 Å². The van der Waals surface area contributed by atoms with Crippen molar-refractivity contribution in [1.82, 2.24) is 15.2 Å². The van der Waals surface area contributed by atoms with Crippen LogP contribution in [0.25, 0.3) is 11.0 Å². The van der Waals surface area contributed by atoms with Crippen molar-refractivity contribution in [3.63, 3.8) is 0 Å². The number of carbonyl (C=O) groups is 1. The molecule has 0 bridgehead atoms. The largest absolute Gasteiger partial charge is 0.341 e. The second kappa shape index (κ2) is 5.08. The maximum absolute atomic E-state index is 12.8. The molecule has 0 spiro atoms. The van der Waals surface area contributed by atoms with Gasteiger partial charge in [0.1, 0.15) is 11.2 Å². The van der Waals surface area contributed by atoms with Gasteiger partial charge >= 0.3 is 0 Å². The maximum Gasteiger partial charge on any atom is 0.205 e. The summed E-state index contributed by atoms with van der Waals surface area (Å²) in [6.45, 7) is 2.00. The topological polar surface area (TPSA) is 90.6 Å². The van der Waals surface area contributed by atoms with E-state index in [2.05, 4.69) is 20.5 Å².